The zero-order valence-electron chi connectivity index (χ0n) is 18.2. The smallest absolute Gasteiger partial charge is 0.336 e. The van der Waals surface area contributed by atoms with Gasteiger partial charge in [0.25, 0.3) is 11.6 Å². The standard InChI is InChI=1S/C23H21N5O6/c1-2-32-13-14-34-23-25-21(20-7-4-12-33-20)27(26-23)18-10-8-17(9-11-18)24-22(29)16-5-3-6-19(15-16)28(30)31/h3-12,15H,2,13-14H2,1H3,(H,24,29). The first-order valence-electron chi connectivity index (χ1n) is 10.4. The average Bonchev–Trinajstić information content (AvgIpc) is 3.52. The van der Waals surface area contributed by atoms with Crippen molar-refractivity contribution in [1.82, 2.24) is 14.8 Å². The number of hydrogen-bond acceptors (Lipinski definition) is 8. The van der Waals surface area contributed by atoms with E-state index in [2.05, 4.69) is 15.4 Å². The summed E-state index contributed by atoms with van der Waals surface area (Å²) >= 11 is 0. The fourth-order valence-electron chi connectivity index (χ4n) is 3.09. The molecule has 2 heterocycles. The first kappa shape index (κ1) is 22.7. The van der Waals surface area contributed by atoms with Gasteiger partial charge in [0.2, 0.25) is 5.82 Å². The number of anilines is 1. The number of amides is 1. The maximum atomic E-state index is 12.5. The molecule has 34 heavy (non-hydrogen) atoms. The second kappa shape index (κ2) is 10.4. The van der Waals surface area contributed by atoms with Gasteiger partial charge in [-0.2, -0.15) is 4.98 Å². The Morgan fingerprint density at radius 1 is 1.15 bits per heavy atom. The molecule has 11 nitrogen and oxygen atoms in total. The third-order valence-electron chi connectivity index (χ3n) is 4.68. The Morgan fingerprint density at radius 3 is 2.68 bits per heavy atom. The monoisotopic (exact) mass is 463 g/mol. The molecule has 174 valence electrons. The van der Waals surface area contributed by atoms with Crippen LogP contribution in [0, 0.1) is 10.1 Å². The van der Waals surface area contributed by atoms with Gasteiger partial charge in [0, 0.05) is 30.0 Å². The summed E-state index contributed by atoms with van der Waals surface area (Å²) in [6.45, 7) is 3.21. The minimum Gasteiger partial charge on any atom is -0.461 e. The number of nitrogens with zero attached hydrogens (tertiary/aromatic N) is 4. The number of carbonyl (C=O) groups is 1. The summed E-state index contributed by atoms with van der Waals surface area (Å²) in [7, 11) is 0. The summed E-state index contributed by atoms with van der Waals surface area (Å²) in [6.07, 6.45) is 1.54. The Labute approximate surface area is 194 Å². The Bertz CT molecular complexity index is 1270. The maximum Gasteiger partial charge on any atom is 0.336 e. The second-order valence-electron chi connectivity index (χ2n) is 6.96. The molecule has 1 N–H and O–H groups in total. The number of rotatable bonds is 10. The van der Waals surface area contributed by atoms with E-state index in [0.29, 0.717) is 42.8 Å². The van der Waals surface area contributed by atoms with Crippen molar-refractivity contribution in [3.63, 3.8) is 0 Å². The van der Waals surface area contributed by atoms with Crippen molar-refractivity contribution in [3.8, 4) is 23.3 Å². The van der Waals surface area contributed by atoms with Gasteiger partial charge in [0.05, 0.1) is 23.5 Å². The average molecular weight is 463 g/mol. The summed E-state index contributed by atoms with van der Waals surface area (Å²) < 4.78 is 17.9. The molecule has 0 aliphatic heterocycles. The van der Waals surface area contributed by atoms with Gasteiger partial charge in [-0.05, 0) is 49.4 Å². The number of ether oxygens (including phenoxy) is 2. The molecule has 1 amide bonds. The quantitative estimate of drug-likeness (QED) is 0.211. The molecular weight excluding hydrogens is 442 g/mol. The predicted molar refractivity (Wildman–Crippen MR) is 122 cm³/mol. The largest absolute Gasteiger partial charge is 0.461 e. The number of benzene rings is 2. The summed E-state index contributed by atoms with van der Waals surface area (Å²) in [5.74, 6) is 0.499. The number of nitro benzene ring substituents is 1. The van der Waals surface area contributed by atoms with E-state index in [9.17, 15) is 14.9 Å². The van der Waals surface area contributed by atoms with Gasteiger partial charge < -0.3 is 19.2 Å². The van der Waals surface area contributed by atoms with Crippen molar-refractivity contribution in [2.45, 2.75) is 6.92 Å². The minimum atomic E-state index is -0.547. The van der Waals surface area contributed by atoms with Gasteiger partial charge in [0.15, 0.2) is 5.76 Å². The van der Waals surface area contributed by atoms with Gasteiger partial charge in [-0.25, -0.2) is 4.68 Å². The van der Waals surface area contributed by atoms with Crippen LogP contribution in [0.4, 0.5) is 11.4 Å². The van der Waals surface area contributed by atoms with Crippen LogP contribution in [0.2, 0.25) is 0 Å². The van der Waals surface area contributed by atoms with Gasteiger partial charge in [0.1, 0.15) is 6.61 Å². The molecule has 0 bridgehead atoms. The van der Waals surface area contributed by atoms with E-state index in [1.807, 2.05) is 6.92 Å². The highest BCUT2D eigenvalue weighted by atomic mass is 16.6. The van der Waals surface area contributed by atoms with Crippen LogP contribution < -0.4 is 10.1 Å². The van der Waals surface area contributed by atoms with E-state index >= 15 is 0 Å². The van der Waals surface area contributed by atoms with Crippen LogP contribution >= 0.6 is 0 Å². The van der Waals surface area contributed by atoms with Crippen LogP contribution in [0.15, 0.2) is 71.3 Å². The maximum absolute atomic E-state index is 12.5. The molecular formula is C23H21N5O6. The van der Waals surface area contributed by atoms with Crippen LogP contribution in [0.1, 0.15) is 17.3 Å². The highest BCUT2D eigenvalue weighted by molar-refractivity contribution is 6.04. The molecule has 4 rings (SSSR count). The number of furan rings is 1. The van der Waals surface area contributed by atoms with Crippen molar-refractivity contribution in [2.24, 2.45) is 0 Å². The molecule has 0 aliphatic carbocycles. The van der Waals surface area contributed by atoms with E-state index in [-0.39, 0.29) is 17.3 Å². The van der Waals surface area contributed by atoms with E-state index in [1.165, 1.54) is 30.5 Å². The fraction of sp³-hybridized carbons (Fsp3) is 0.174. The molecule has 0 unspecified atom stereocenters. The molecule has 0 aliphatic rings. The van der Waals surface area contributed by atoms with Gasteiger partial charge in [-0.15, -0.1) is 5.10 Å². The molecule has 0 spiro atoms. The number of non-ortho nitro benzene ring substituents is 1. The van der Waals surface area contributed by atoms with Crippen LogP contribution in [-0.2, 0) is 4.74 Å². The Balaban J connectivity index is 1.52. The van der Waals surface area contributed by atoms with E-state index in [0.717, 1.165) is 0 Å². The lowest BCUT2D eigenvalue weighted by molar-refractivity contribution is -0.384. The zero-order chi connectivity index (χ0) is 23.9. The van der Waals surface area contributed by atoms with Crippen molar-refractivity contribution < 1.29 is 23.6 Å². The summed E-state index contributed by atoms with van der Waals surface area (Å²) in [5, 5.41) is 18.1. The summed E-state index contributed by atoms with van der Waals surface area (Å²) in [6, 6.07) is 16.1. The van der Waals surface area contributed by atoms with Crippen molar-refractivity contribution in [2.75, 3.05) is 25.1 Å². The predicted octanol–water partition coefficient (Wildman–Crippen LogP) is 4.10. The fourth-order valence-corrected chi connectivity index (χ4v) is 3.09. The molecule has 0 fully saturated rings. The number of carbonyl (C=O) groups excluding carboxylic acids is 1. The second-order valence-corrected chi connectivity index (χ2v) is 6.96. The molecule has 0 radical (unpaired) electrons. The first-order valence-corrected chi connectivity index (χ1v) is 10.4. The van der Waals surface area contributed by atoms with Crippen LogP contribution in [0.3, 0.4) is 0 Å². The molecule has 0 atom stereocenters. The molecule has 2 aromatic carbocycles. The Hall–Kier alpha value is -4.51. The topological polar surface area (TPSA) is 135 Å². The molecule has 0 saturated heterocycles. The first-order chi connectivity index (χ1) is 16.5. The summed E-state index contributed by atoms with van der Waals surface area (Å²) in [5.41, 5.74) is 1.20. The van der Waals surface area contributed by atoms with Crippen molar-refractivity contribution in [3.05, 3.63) is 82.6 Å². The highest BCUT2D eigenvalue weighted by Gasteiger charge is 2.17. The summed E-state index contributed by atoms with van der Waals surface area (Å²) in [4.78, 5) is 27.3. The molecule has 0 saturated carbocycles. The van der Waals surface area contributed by atoms with Crippen LogP contribution in [0.25, 0.3) is 17.3 Å². The number of hydrogen-bond donors (Lipinski definition) is 1. The Morgan fingerprint density at radius 2 is 1.97 bits per heavy atom. The van der Waals surface area contributed by atoms with E-state index in [1.54, 1.807) is 41.1 Å². The van der Waals surface area contributed by atoms with Crippen LogP contribution in [-0.4, -0.2) is 45.4 Å². The van der Waals surface area contributed by atoms with Crippen molar-refractivity contribution >= 4 is 17.3 Å². The third kappa shape index (κ3) is 5.27. The van der Waals surface area contributed by atoms with Gasteiger partial charge in [-0.3, -0.25) is 14.9 Å². The highest BCUT2D eigenvalue weighted by Crippen LogP contribution is 2.25. The third-order valence-corrected chi connectivity index (χ3v) is 4.68. The van der Waals surface area contributed by atoms with Crippen LogP contribution in [0.5, 0.6) is 6.01 Å². The minimum absolute atomic E-state index is 0.154. The lowest BCUT2D eigenvalue weighted by Gasteiger charge is -2.08. The molecule has 11 heteroatoms. The number of nitrogens with one attached hydrogen (secondary N) is 1. The molecule has 4 aromatic rings. The van der Waals surface area contributed by atoms with Crippen molar-refractivity contribution in [1.29, 1.82) is 0 Å². The lowest BCUT2D eigenvalue weighted by atomic mass is 10.2. The van der Waals surface area contributed by atoms with E-state index in [4.69, 9.17) is 13.9 Å². The normalized spacial score (nSPS) is 10.7. The zero-order valence-corrected chi connectivity index (χ0v) is 18.2. The number of aromatic nitrogens is 3. The molecule has 2 aromatic heterocycles. The lowest BCUT2D eigenvalue weighted by Crippen LogP contribution is -2.12. The Kier molecular flexibility index (Phi) is 6.94. The van der Waals surface area contributed by atoms with E-state index < -0.39 is 10.8 Å². The van der Waals surface area contributed by atoms with Gasteiger partial charge in [-0.1, -0.05) is 6.07 Å². The SMILES string of the molecule is CCOCCOc1nc(-c2ccco2)n(-c2ccc(NC(=O)c3cccc([N+](=O)[O-])c3)cc2)n1. The van der Waals surface area contributed by atoms with Gasteiger partial charge >= 0.3 is 6.01 Å². The number of nitro groups is 1.